The van der Waals surface area contributed by atoms with Gasteiger partial charge >= 0.3 is 14.2 Å². The fourth-order valence-electron chi connectivity index (χ4n) is 4.80. The SMILES string of the molecule is CC1(C)OB(c2ccc(B3OC(C)(C)C(C)(C)O3)c(-c3ccccc3)c2-c2ccccc2)OC1(C)C. The summed E-state index contributed by atoms with van der Waals surface area (Å²) >= 11 is 0. The van der Waals surface area contributed by atoms with Crippen LogP contribution in [0.5, 0.6) is 0 Å². The Morgan fingerprint density at radius 2 is 0.694 bits per heavy atom. The van der Waals surface area contributed by atoms with E-state index in [-0.39, 0.29) is 0 Å². The Bertz CT molecular complexity index is 1120. The highest BCUT2D eigenvalue weighted by Gasteiger charge is 2.54. The molecule has 5 rings (SSSR count). The normalized spacial score (nSPS) is 21.7. The zero-order valence-corrected chi connectivity index (χ0v) is 22.7. The van der Waals surface area contributed by atoms with Crippen molar-refractivity contribution in [2.45, 2.75) is 77.8 Å². The number of benzene rings is 3. The van der Waals surface area contributed by atoms with Crippen molar-refractivity contribution in [1.82, 2.24) is 0 Å². The molecule has 0 amide bonds. The third-order valence-electron chi connectivity index (χ3n) is 8.41. The van der Waals surface area contributed by atoms with Gasteiger partial charge in [-0.3, -0.25) is 0 Å². The second-order valence-electron chi connectivity index (χ2n) is 11.9. The molecule has 6 heteroatoms. The van der Waals surface area contributed by atoms with Crippen LogP contribution in [0.1, 0.15) is 55.4 Å². The lowest BCUT2D eigenvalue weighted by Crippen LogP contribution is -2.41. The Labute approximate surface area is 216 Å². The van der Waals surface area contributed by atoms with Gasteiger partial charge in [-0.15, -0.1) is 0 Å². The summed E-state index contributed by atoms with van der Waals surface area (Å²) < 4.78 is 26.2. The number of rotatable bonds is 4. The van der Waals surface area contributed by atoms with Crippen molar-refractivity contribution >= 4 is 25.2 Å². The molecule has 0 unspecified atom stereocenters. The molecule has 36 heavy (non-hydrogen) atoms. The van der Waals surface area contributed by atoms with Crippen molar-refractivity contribution in [1.29, 1.82) is 0 Å². The molecule has 3 aromatic carbocycles. The summed E-state index contributed by atoms with van der Waals surface area (Å²) in [5.74, 6) is 0. The predicted octanol–water partition coefficient (Wildman–Crippen LogP) is 5.62. The minimum atomic E-state index is -0.500. The summed E-state index contributed by atoms with van der Waals surface area (Å²) in [6.07, 6.45) is 0. The Morgan fingerprint density at radius 1 is 0.417 bits per heavy atom. The first-order valence-electron chi connectivity index (χ1n) is 12.8. The van der Waals surface area contributed by atoms with Gasteiger partial charge in [-0.2, -0.15) is 0 Å². The minimum Gasteiger partial charge on any atom is -0.399 e. The molecule has 0 saturated carbocycles. The summed E-state index contributed by atoms with van der Waals surface area (Å²) in [6, 6.07) is 25.2. The van der Waals surface area contributed by atoms with Crippen LogP contribution in [0.25, 0.3) is 22.3 Å². The van der Waals surface area contributed by atoms with Gasteiger partial charge in [0.2, 0.25) is 0 Å². The smallest absolute Gasteiger partial charge is 0.399 e. The maximum absolute atomic E-state index is 6.55. The minimum absolute atomic E-state index is 0.442. The predicted molar refractivity (Wildman–Crippen MR) is 149 cm³/mol. The van der Waals surface area contributed by atoms with Crippen LogP contribution < -0.4 is 10.9 Å². The van der Waals surface area contributed by atoms with Crippen LogP contribution in [-0.2, 0) is 18.6 Å². The molecule has 2 heterocycles. The van der Waals surface area contributed by atoms with E-state index in [1.165, 1.54) is 0 Å². The van der Waals surface area contributed by atoms with E-state index in [4.69, 9.17) is 18.6 Å². The molecule has 0 radical (unpaired) electrons. The molecule has 2 saturated heterocycles. The molecule has 2 aliphatic heterocycles. The molecule has 2 fully saturated rings. The van der Waals surface area contributed by atoms with Crippen molar-refractivity contribution in [2.75, 3.05) is 0 Å². The van der Waals surface area contributed by atoms with E-state index in [0.717, 1.165) is 33.2 Å². The van der Waals surface area contributed by atoms with E-state index < -0.39 is 36.6 Å². The topological polar surface area (TPSA) is 36.9 Å². The molecule has 0 aromatic heterocycles. The van der Waals surface area contributed by atoms with E-state index in [2.05, 4.69) is 116 Å². The number of hydrogen-bond acceptors (Lipinski definition) is 4. The van der Waals surface area contributed by atoms with Crippen LogP contribution in [0.4, 0.5) is 0 Å². The highest BCUT2D eigenvalue weighted by Crippen LogP contribution is 2.41. The lowest BCUT2D eigenvalue weighted by atomic mass is 9.66. The van der Waals surface area contributed by atoms with E-state index in [1.54, 1.807) is 0 Å². The zero-order valence-electron chi connectivity index (χ0n) is 22.7. The molecule has 3 aromatic rings. The monoisotopic (exact) mass is 482 g/mol. The van der Waals surface area contributed by atoms with Crippen LogP contribution in [0.3, 0.4) is 0 Å². The van der Waals surface area contributed by atoms with Crippen molar-refractivity contribution in [3.63, 3.8) is 0 Å². The maximum atomic E-state index is 6.55. The van der Waals surface area contributed by atoms with Gasteiger partial charge in [0.15, 0.2) is 0 Å². The van der Waals surface area contributed by atoms with Crippen LogP contribution in [0, 0.1) is 0 Å². The first-order chi connectivity index (χ1) is 16.8. The summed E-state index contributed by atoms with van der Waals surface area (Å²) in [5, 5.41) is 0. The Balaban J connectivity index is 1.77. The van der Waals surface area contributed by atoms with Crippen molar-refractivity contribution < 1.29 is 18.6 Å². The van der Waals surface area contributed by atoms with Crippen LogP contribution in [-0.4, -0.2) is 36.6 Å². The first-order valence-corrected chi connectivity index (χ1v) is 12.8. The zero-order chi connectivity index (χ0) is 25.9. The largest absolute Gasteiger partial charge is 0.495 e. The Hall–Kier alpha value is -2.37. The molecule has 186 valence electrons. The third kappa shape index (κ3) is 4.14. The van der Waals surface area contributed by atoms with Crippen LogP contribution >= 0.6 is 0 Å². The van der Waals surface area contributed by atoms with Gasteiger partial charge < -0.3 is 18.6 Å². The van der Waals surface area contributed by atoms with E-state index in [1.807, 2.05) is 12.1 Å². The van der Waals surface area contributed by atoms with Gasteiger partial charge in [-0.1, -0.05) is 72.8 Å². The Morgan fingerprint density at radius 3 is 0.972 bits per heavy atom. The fourth-order valence-corrected chi connectivity index (χ4v) is 4.80. The van der Waals surface area contributed by atoms with E-state index in [9.17, 15) is 0 Å². The van der Waals surface area contributed by atoms with Gasteiger partial charge in [0.25, 0.3) is 0 Å². The molecular formula is C30H36B2O4. The van der Waals surface area contributed by atoms with E-state index in [0.29, 0.717) is 0 Å². The molecule has 0 spiro atoms. The lowest BCUT2D eigenvalue weighted by molar-refractivity contribution is 0.00578. The number of hydrogen-bond donors (Lipinski definition) is 0. The van der Waals surface area contributed by atoms with Gasteiger partial charge in [0, 0.05) is 0 Å². The Kier molecular flexibility index (Phi) is 6.04. The van der Waals surface area contributed by atoms with Gasteiger partial charge in [0.05, 0.1) is 22.4 Å². The fraction of sp³-hybridized carbons (Fsp3) is 0.400. The van der Waals surface area contributed by atoms with Gasteiger partial charge in [0.1, 0.15) is 0 Å². The average molecular weight is 482 g/mol. The molecule has 0 atom stereocenters. The van der Waals surface area contributed by atoms with Crippen LogP contribution in [0.15, 0.2) is 72.8 Å². The summed E-state index contributed by atoms with van der Waals surface area (Å²) in [6.45, 7) is 16.7. The lowest BCUT2D eigenvalue weighted by Gasteiger charge is -2.32. The molecule has 0 N–H and O–H groups in total. The van der Waals surface area contributed by atoms with Gasteiger partial charge in [-0.05, 0) is 88.6 Å². The van der Waals surface area contributed by atoms with Crippen molar-refractivity contribution in [3.05, 3.63) is 72.8 Å². The molecule has 0 aliphatic carbocycles. The highest BCUT2D eigenvalue weighted by atomic mass is 16.7. The average Bonchev–Trinajstić information content (AvgIpc) is 3.18. The summed E-state index contributed by atoms with van der Waals surface area (Å²) in [4.78, 5) is 0. The summed E-state index contributed by atoms with van der Waals surface area (Å²) in [5.41, 5.74) is 4.58. The maximum Gasteiger partial charge on any atom is 0.495 e. The van der Waals surface area contributed by atoms with E-state index >= 15 is 0 Å². The molecule has 0 bridgehead atoms. The van der Waals surface area contributed by atoms with Crippen molar-refractivity contribution in [2.24, 2.45) is 0 Å². The quantitative estimate of drug-likeness (QED) is 0.453. The van der Waals surface area contributed by atoms with Gasteiger partial charge in [-0.25, -0.2) is 0 Å². The molecule has 2 aliphatic rings. The highest BCUT2D eigenvalue weighted by molar-refractivity contribution is 6.67. The van der Waals surface area contributed by atoms with Crippen molar-refractivity contribution in [3.8, 4) is 22.3 Å². The standard InChI is InChI=1S/C30H36B2O4/c1-27(2)28(3,4)34-31(33-27)23-19-20-24(32-35-29(5,6)30(7,8)36-32)26(22-17-13-10-14-18-22)25(23)21-15-11-9-12-16-21/h9-20H,1-8H3. The second-order valence-corrected chi connectivity index (χ2v) is 11.9. The first kappa shape index (κ1) is 25.3. The van der Waals surface area contributed by atoms with Crippen LogP contribution in [0.2, 0.25) is 0 Å². The second kappa shape index (κ2) is 8.59. The molecular weight excluding hydrogens is 446 g/mol. The third-order valence-corrected chi connectivity index (χ3v) is 8.41. The molecule has 4 nitrogen and oxygen atoms in total. The summed E-state index contributed by atoms with van der Waals surface area (Å²) in [7, 11) is -1.000.